The predicted octanol–water partition coefficient (Wildman–Crippen LogP) is 1.78. The van der Waals surface area contributed by atoms with Gasteiger partial charge in [0.2, 0.25) is 15.9 Å². The Kier molecular flexibility index (Phi) is 7.41. The average molecular weight is 454 g/mol. The van der Waals surface area contributed by atoms with Gasteiger partial charge in [-0.1, -0.05) is 17.7 Å². The van der Waals surface area contributed by atoms with Crippen LogP contribution in [0.3, 0.4) is 0 Å². The Hall–Kier alpha value is -3.11. The topological polar surface area (TPSA) is 136 Å². The molecule has 3 N–H and O–H groups in total. The van der Waals surface area contributed by atoms with Crippen LogP contribution in [0.4, 0.5) is 11.4 Å². The second-order valence-electron chi connectivity index (χ2n) is 6.31. The number of hydrogen-bond acceptors (Lipinski definition) is 6. The number of nitrogens with one attached hydrogen (secondary N) is 1. The van der Waals surface area contributed by atoms with Crippen LogP contribution in [0.2, 0.25) is 5.02 Å². The van der Waals surface area contributed by atoms with Crippen LogP contribution in [-0.4, -0.2) is 45.1 Å². The predicted molar refractivity (Wildman–Crippen MR) is 113 cm³/mol. The van der Waals surface area contributed by atoms with E-state index in [1.165, 1.54) is 43.3 Å². The van der Waals surface area contributed by atoms with E-state index in [9.17, 15) is 22.8 Å². The Balaban J connectivity index is 2.02. The van der Waals surface area contributed by atoms with Gasteiger partial charge >= 0.3 is 5.97 Å². The summed E-state index contributed by atoms with van der Waals surface area (Å²) in [5.74, 6) is -2.17. The zero-order valence-electron chi connectivity index (χ0n) is 16.2. The number of halogens is 1. The molecule has 2 aromatic rings. The Morgan fingerprint density at radius 2 is 1.80 bits per heavy atom. The number of esters is 1. The molecule has 2 aromatic carbocycles. The molecule has 0 aliphatic rings. The Labute approximate surface area is 178 Å². The number of carbonyl (C=O) groups is 3. The number of nitrogens with zero attached hydrogens (tertiary/aromatic N) is 1. The molecular weight excluding hydrogens is 434 g/mol. The summed E-state index contributed by atoms with van der Waals surface area (Å²) in [5, 5.41) is 2.81. The summed E-state index contributed by atoms with van der Waals surface area (Å²) in [4.78, 5) is 35.6. The van der Waals surface area contributed by atoms with Gasteiger partial charge in [0.15, 0.2) is 6.10 Å². The van der Waals surface area contributed by atoms with Crippen molar-refractivity contribution >= 4 is 50.8 Å². The minimum atomic E-state index is -3.81. The molecule has 0 fully saturated rings. The van der Waals surface area contributed by atoms with Gasteiger partial charge in [0.25, 0.3) is 5.91 Å². The van der Waals surface area contributed by atoms with E-state index < -0.39 is 40.5 Å². The normalized spacial score (nSPS) is 12.0. The summed E-state index contributed by atoms with van der Waals surface area (Å²) in [7, 11) is -3.81. The van der Waals surface area contributed by atoms with E-state index in [-0.39, 0.29) is 11.3 Å². The van der Waals surface area contributed by atoms with Crippen LogP contribution in [0.25, 0.3) is 0 Å². The van der Waals surface area contributed by atoms with Gasteiger partial charge in [-0.3, -0.25) is 18.7 Å². The third kappa shape index (κ3) is 6.46. The van der Waals surface area contributed by atoms with Gasteiger partial charge < -0.3 is 15.8 Å². The standard InChI is InChI=1S/C19H20ClN3O6S/c1-12(19(26)22-15-8-6-13(7-9-15)18(21)25)29-17(24)11-23(30(2,27)28)16-5-3-4-14(20)10-16/h3-10,12H,11H2,1-2H3,(H2,21,25)(H,22,26)/t12-/m0/s1. The number of primary amides is 1. The Morgan fingerprint density at radius 3 is 2.33 bits per heavy atom. The van der Waals surface area contributed by atoms with Gasteiger partial charge in [0.1, 0.15) is 6.54 Å². The van der Waals surface area contributed by atoms with E-state index in [0.717, 1.165) is 10.6 Å². The van der Waals surface area contributed by atoms with Gasteiger partial charge in [-0.25, -0.2) is 8.42 Å². The average Bonchev–Trinajstić information content (AvgIpc) is 2.65. The van der Waals surface area contributed by atoms with Crippen LogP contribution >= 0.6 is 11.6 Å². The van der Waals surface area contributed by atoms with Crippen molar-refractivity contribution in [2.24, 2.45) is 5.73 Å². The summed E-state index contributed by atoms with van der Waals surface area (Å²) in [6.07, 6.45) is -0.262. The highest BCUT2D eigenvalue weighted by atomic mass is 35.5. The van der Waals surface area contributed by atoms with Crippen LogP contribution in [-0.2, 0) is 24.3 Å². The molecule has 0 unspecified atom stereocenters. The van der Waals surface area contributed by atoms with Crippen molar-refractivity contribution in [1.29, 1.82) is 0 Å². The van der Waals surface area contributed by atoms with Crippen molar-refractivity contribution in [3.8, 4) is 0 Å². The second-order valence-corrected chi connectivity index (χ2v) is 8.66. The molecular formula is C19H20ClN3O6S. The summed E-state index contributed by atoms with van der Waals surface area (Å²) < 4.78 is 30.0. The zero-order valence-corrected chi connectivity index (χ0v) is 17.7. The minimum absolute atomic E-state index is 0.189. The number of nitrogens with two attached hydrogens (primary N) is 1. The van der Waals surface area contributed by atoms with Gasteiger partial charge in [-0.2, -0.15) is 0 Å². The maximum atomic E-state index is 12.3. The summed E-state index contributed by atoms with van der Waals surface area (Å²) in [5.41, 5.74) is 5.98. The molecule has 0 aliphatic carbocycles. The molecule has 0 aliphatic heterocycles. The molecule has 30 heavy (non-hydrogen) atoms. The fourth-order valence-electron chi connectivity index (χ4n) is 2.40. The number of anilines is 2. The third-order valence-corrected chi connectivity index (χ3v) is 5.26. The number of hydrogen-bond donors (Lipinski definition) is 2. The maximum absolute atomic E-state index is 12.3. The number of benzene rings is 2. The summed E-state index contributed by atoms with van der Waals surface area (Å²) >= 11 is 5.89. The molecule has 0 bridgehead atoms. The molecule has 0 aromatic heterocycles. The molecule has 0 saturated carbocycles. The largest absolute Gasteiger partial charge is 0.451 e. The van der Waals surface area contributed by atoms with Crippen LogP contribution in [0.1, 0.15) is 17.3 Å². The Morgan fingerprint density at radius 1 is 1.17 bits per heavy atom. The Bertz CT molecular complexity index is 1060. The van der Waals surface area contributed by atoms with E-state index in [2.05, 4.69) is 5.32 Å². The number of sulfonamides is 1. The highest BCUT2D eigenvalue weighted by Crippen LogP contribution is 2.22. The molecule has 160 valence electrons. The number of rotatable bonds is 8. The molecule has 0 spiro atoms. The van der Waals surface area contributed by atoms with Crippen molar-refractivity contribution in [1.82, 2.24) is 0 Å². The van der Waals surface area contributed by atoms with E-state index in [1.807, 2.05) is 0 Å². The van der Waals surface area contributed by atoms with E-state index in [4.69, 9.17) is 22.1 Å². The first-order valence-corrected chi connectivity index (χ1v) is 10.8. The molecule has 0 radical (unpaired) electrons. The van der Waals surface area contributed by atoms with Gasteiger partial charge in [0.05, 0.1) is 11.9 Å². The second kappa shape index (κ2) is 9.59. The monoisotopic (exact) mass is 453 g/mol. The van der Waals surface area contributed by atoms with Gasteiger partial charge in [0, 0.05) is 16.3 Å². The SMILES string of the molecule is C[C@H](OC(=O)CN(c1cccc(Cl)c1)S(C)(=O)=O)C(=O)Nc1ccc(C(N)=O)cc1. The molecule has 0 heterocycles. The molecule has 2 rings (SSSR count). The highest BCUT2D eigenvalue weighted by Gasteiger charge is 2.25. The summed E-state index contributed by atoms with van der Waals surface area (Å²) in [6, 6.07) is 11.8. The van der Waals surface area contributed by atoms with Crippen molar-refractivity contribution in [2.75, 3.05) is 22.4 Å². The fourth-order valence-corrected chi connectivity index (χ4v) is 3.42. The molecule has 1 atom stereocenters. The van der Waals surface area contributed by atoms with Gasteiger partial charge in [-0.15, -0.1) is 0 Å². The fraction of sp³-hybridized carbons (Fsp3) is 0.211. The summed E-state index contributed by atoms with van der Waals surface area (Å²) in [6.45, 7) is 0.708. The first-order valence-electron chi connectivity index (χ1n) is 8.61. The molecule has 2 amide bonds. The lowest BCUT2D eigenvalue weighted by atomic mass is 10.2. The quantitative estimate of drug-likeness (QED) is 0.584. The van der Waals surface area contributed by atoms with E-state index in [1.54, 1.807) is 12.1 Å². The maximum Gasteiger partial charge on any atom is 0.327 e. The van der Waals surface area contributed by atoms with Gasteiger partial charge in [-0.05, 0) is 49.4 Å². The molecule has 0 saturated heterocycles. The lowest BCUT2D eigenvalue weighted by Crippen LogP contribution is -2.38. The van der Waals surface area contributed by atoms with E-state index in [0.29, 0.717) is 10.7 Å². The van der Waals surface area contributed by atoms with Crippen molar-refractivity contribution < 1.29 is 27.5 Å². The molecule has 9 nitrogen and oxygen atoms in total. The van der Waals surface area contributed by atoms with Crippen LogP contribution < -0.4 is 15.4 Å². The lowest BCUT2D eigenvalue weighted by molar-refractivity contribution is -0.151. The number of ether oxygens (including phenoxy) is 1. The minimum Gasteiger partial charge on any atom is -0.451 e. The first kappa shape index (κ1) is 23.2. The smallest absolute Gasteiger partial charge is 0.327 e. The number of amides is 2. The lowest BCUT2D eigenvalue weighted by Gasteiger charge is -2.22. The van der Waals surface area contributed by atoms with Crippen LogP contribution in [0.5, 0.6) is 0 Å². The third-order valence-electron chi connectivity index (χ3n) is 3.88. The van der Waals surface area contributed by atoms with E-state index >= 15 is 0 Å². The van der Waals surface area contributed by atoms with Crippen molar-refractivity contribution in [3.05, 3.63) is 59.1 Å². The van der Waals surface area contributed by atoms with Crippen LogP contribution in [0.15, 0.2) is 48.5 Å². The highest BCUT2D eigenvalue weighted by molar-refractivity contribution is 7.92. The number of carbonyl (C=O) groups excluding carboxylic acids is 3. The first-order chi connectivity index (χ1) is 14.0. The zero-order chi connectivity index (χ0) is 22.5. The van der Waals surface area contributed by atoms with Crippen molar-refractivity contribution in [2.45, 2.75) is 13.0 Å². The van der Waals surface area contributed by atoms with Crippen LogP contribution in [0, 0.1) is 0 Å². The van der Waals surface area contributed by atoms with Crippen molar-refractivity contribution in [3.63, 3.8) is 0 Å². The molecule has 11 heteroatoms.